The van der Waals surface area contributed by atoms with Crippen LogP contribution in [0.2, 0.25) is 0 Å². The van der Waals surface area contributed by atoms with E-state index in [2.05, 4.69) is 15.2 Å². The average Bonchev–Trinajstić information content (AvgIpc) is 3.14. The molecule has 4 N–H and O–H groups in total. The summed E-state index contributed by atoms with van der Waals surface area (Å²) in [6.45, 7) is 3.94. The first-order valence-corrected chi connectivity index (χ1v) is 11.7. The molecule has 0 bridgehead atoms. The molecule has 0 atom stereocenters. The fourth-order valence-corrected chi connectivity index (χ4v) is 5.04. The highest BCUT2D eigenvalue weighted by atomic mass is 32.2. The number of para-hydroxylation sites is 1. The molecule has 0 spiro atoms. The van der Waals surface area contributed by atoms with E-state index < -0.39 is 0 Å². The van der Waals surface area contributed by atoms with E-state index in [0.29, 0.717) is 17.1 Å². The van der Waals surface area contributed by atoms with Gasteiger partial charge >= 0.3 is 0 Å². The summed E-state index contributed by atoms with van der Waals surface area (Å²) in [4.78, 5) is 10.2. The molecule has 0 saturated carbocycles. The number of nitrogens with zero attached hydrogens (tertiary/aromatic N) is 2. The molecule has 1 aliphatic rings. The van der Waals surface area contributed by atoms with Crippen LogP contribution < -0.4 is 5.32 Å². The smallest absolute Gasteiger partial charge is 0.199 e. The van der Waals surface area contributed by atoms with Gasteiger partial charge in [0.2, 0.25) is 0 Å². The van der Waals surface area contributed by atoms with E-state index in [1.54, 1.807) is 0 Å². The summed E-state index contributed by atoms with van der Waals surface area (Å²) in [6.07, 6.45) is 0. The molecular weight excluding hydrogens is 406 g/mol. The van der Waals surface area contributed by atoms with Crippen LogP contribution in [-0.4, -0.2) is 63.5 Å². The molecule has 0 unspecified atom stereocenters. The quantitative estimate of drug-likeness (QED) is 0.283. The van der Waals surface area contributed by atoms with E-state index in [0.717, 1.165) is 53.5 Å². The van der Waals surface area contributed by atoms with Gasteiger partial charge in [-0.2, -0.15) is 11.8 Å². The number of pyridine rings is 1. The summed E-state index contributed by atoms with van der Waals surface area (Å²) in [5, 5.41) is 24.3. The van der Waals surface area contributed by atoms with Gasteiger partial charge < -0.3 is 15.4 Å². The van der Waals surface area contributed by atoms with E-state index in [9.17, 15) is 5.11 Å². The SMILES string of the molecule is N=C(NCCN1CCSCC1)c1ccc2[nH]c(O)c(-c3ccc4ccccc4n3)c2c1. The Morgan fingerprint density at radius 2 is 1.97 bits per heavy atom. The number of amidine groups is 1. The molecule has 158 valence electrons. The maximum absolute atomic E-state index is 10.6. The Labute approximate surface area is 185 Å². The molecule has 0 aliphatic carbocycles. The standard InChI is InChI=1S/C24H25N5OS/c25-23(26-9-10-29-11-13-31-14-12-29)17-6-7-20-18(15-17)22(24(30)28-20)21-8-5-16-3-1-2-4-19(16)27-21/h1-8,15,28,30H,9-14H2,(H2,25,26). The number of fused-ring (bicyclic) bond motifs is 2. The van der Waals surface area contributed by atoms with E-state index in [1.807, 2.05) is 66.4 Å². The van der Waals surface area contributed by atoms with Gasteiger partial charge in [-0.1, -0.05) is 24.3 Å². The Kier molecular flexibility index (Phi) is 5.53. The van der Waals surface area contributed by atoms with Crippen molar-refractivity contribution in [2.24, 2.45) is 0 Å². The van der Waals surface area contributed by atoms with Gasteiger partial charge in [0, 0.05) is 59.5 Å². The van der Waals surface area contributed by atoms with Crippen molar-refractivity contribution in [1.82, 2.24) is 20.2 Å². The van der Waals surface area contributed by atoms with Crippen molar-refractivity contribution in [3.05, 3.63) is 60.2 Å². The molecule has 31 heavy (non-hydrogen) atoms. The highest BCUT2D eigenvalue weighted by Crippen LogP contribution is 2.36. The van der Waals surface area contributed by atoms with Crippen molar-refractivity contribution < 1.29 is 5.11 Å². The van der Waals surface area contributed by atoms with Gasteiger partial charge in [-0.25, -0.2) is 4.98 Å². The minimum Gasteiger partial charge on any atom is -0.494 e. The molecule has 1 saturated heterocycles. The lowest BCUT2D eigenvalue weighted by Gasteiger charge is -2.26. The number of rotatable bonds is 5. The van der Waals surface area contributed by atoms with Crippen LogP contribution in [0.5, 0.6) is 5.88 Å². The van der Waals surface area contributed by atoms with E-state index in [4.69, 9.17) is 10.4 Å². The number of benzene rings is 2. The predicted molar refractivity (Wildman–Crippen MR) is 129 cm³/mol. The van der Waals surface area contributed by atoms with E-state index >= 15 is 0 Å². The van der Waals surface area contributed by atoms with Crippen molar-refractivity contribution in [1.29, 1.82) is 5.41 Å². The third-order valence-corrected chi connectivity index (χ3v) is 6.70. The van der Waals surface area contributed by atoms with Crippen molar-refractivity contribution in [2.75, 3.05) is 37.7 Å². The molecule has 2 aromatic heterocycles. The van der Waals surface area contributed by atoms with Crippen LogP contribution in [0.15, 0.2) is 54.6 Å². The fraction of sp³-hybridized carbons (Fsp3) is 0.250. The normalized spacial score (nSPS) is 14.8. The molecule has 0 radical (unpaired) electrons. The fourth-order valence-electron chi connectivity index (χ4n) is 4.06. The van der Waals surface area contributed by atoms with Gasteiger partial charge in [-0.05, 0) is 30.3 Å². The Morgan fingerprint density at radius 1 is 1.13 bits per heavy atom. The van der Waals surface area contributed by atoms with Gasteiger partial charge in [0.25, 0.3) is 0 Å². The van der Waals surface area contributed by atoms with Crippen molar-refractivity contribution in [3.63, 3.8) is 0 Å². The second kappa shape index (κ2) is 8.61. The summed E-state index contributed by atoms with van der Waals surface area (Å²) in [6, 6.07) is 17.6. The topological polar surface area (TPSA) is 88.0 Å². The Bertz CT molecular complexity index is 1250. The first-order chi connectivity index (χ1) is 15.2. The number of nitrogens with one attached hydrogen (secondary N) is 3. The number of aromatic amines is 1. The third-order valence-electron chi connectivity index (χ3n) is 5.76. The number of aromatic hydroxyl groups is 1. The first kappa shape index (κ1) is 19.9. The van der Waals surface area contributed by atoms with E-state index in [-0.39, 0.29) is 5.88 Å². The monoisotopic (exact) mass is 431 g/mol. The third kappa shape index (κ3) is 4.11. The number of H-pyrrole nitrogens is 1. The lowest BCUT2D eigenvalue weighted by atomic mass is 10.0. The average molecular weight is 432 g/mol. The number of thioether (sulfide) groups is 1. The van der Waals surface area contributed by atoms with Gasteiger partial charge in [0.05, 0.1) is 16.8 Å². The molecule has 4 aromatic rings. The number of aromatic nitrogens is 2. The van der Waals surface area contributed by atoms with E-state index in [1.165, 1.54) is 11.5 Å². The summed E-state index contributed by atoms with van der Waals surface area (Å²) < 4.78 is 0. The van der Waals surface area contributed by atoms with Crippen LogP contribution in [0, 0.1) is 5.41 Å². The zero-order chi connectivity index (χ0) is 21.2. The second-order valence-electron chi connectivity index (χ2n) is 7.75. The first-order valence-electron chi connectivity index (χ1n) is 10.5. The van der Waals surface area contributed by atoms with Crippen LogP contribution in [0.25, 0.3) is 33.1 Å². The van der Waals surface area contributed by atoms with Gasteiger partial charge in [0.15, 0.2) is 5.88 Å². The molecule has 6 nitrogen and oxygen atoms in total. The Morgan fingerprint density at radius 3 is 2.84 bits per heavy atom. The molecule has 1 aliphatic heterocycles. The zero-order valence-electron chi connectivity index (χ0n) is 17.2. The summed E-state index contributed by atoms with van der Waals surface area (Å²) in [5.74, 6) is 2.87. The molecule has 7 heteroatoms. The summed E-state index contributed by atoms with van der Waals surface area (Å²) in [7, 11) is 0. The van der Waals surface area contributed by atoms with Crippen molar-refractivity contribution in [3.8, 4) is 17.1 Å². The highest BCUT2D eigenvalue weighted by Gasteiger charge is 2.16. The summed E-state index contributed by atoms with van der Waals surface area (Å²) in [5.41, 5.74) is 3.88. The highest BCUT2D eigenvalue weighted by molar-refractivity contribution is 7.99. The number of hydrogen-bond donors (Lipinski definition) is 4. The number of hydrogen-bond acceptors (Lipinski definition) is 5. The van der Waals surface area contributed by atoms with Gasteiger partial charge in [-0.15, -0.1) is 0 Å². The zero-order valence-corrected chi connectivity index (χ0v) is 18.0. The molecular formula is C24H25N5OS. The van der Waals surface area contributed by atoms with Gasteiger partial charge in [0.1, 0.15) is 5.84 Å². The molecule has 3 heterocycles. The van der Waals surface area contributed by atoms with Crippen LogP contribution in [0.4, 0.5) is 0 Å². The minimum absolute atomic E-state index is 0.0948. The van der Waals surface area contributed by atoms with Crippen molar-refractivity contribution in [2.45, 2.75) is 0 Å². The maximum Gasteiger partial charge on any atom is 0.199 e. The molecule has 1 fully saturated rings. The predicted octanol–water partition coefficient (Wildman–Crippen LogP) is 4.05. The second-order valence-corrected chi connectivity index (χ2v) is 8.98. The minimum atomic E-state index is 0.0948. The lowest BCUT2D eigenvalue weighted by molar-refractivity contribution is 0.307. The Balaban J connectivity index is 1.40. The largest absolute Gasteiger partial charge is 0.494 e. The molecule has 5 rings (SSSR count). The van der Waals surface area contributed by atoms with Crippen LogP contribution in [-0.2, 0) is 0 Å². The van der Waals surface area contributed by atoms with Crippen LogP contribution in [0.3, 0.4) is 0 Å². The maximum atomic E-state index is 10.6. The summed E-state index contributed by atoms with van der Waals surface area (Å²) >= 11 is 2.01. The van der Waals surface area contributed by atoms with Crippen LogP contribution >= 0.6 is 11.8 Å². The van der Waals surface area contributed by atoms with Crippen molar-refractivity contribution >= 4 is 39.4 Å². The molecule has 0 amide bonds. The van der Waals surface area contributed by atoms with Crippen LogP contribution in [0.1, 0.15) is 5.56 Å². The lowest BCUT2D eigenvalue weighted by Crippen LogP contribution is -2.39. The van der Waals surface area contributed by atoms with Gasteiger partial charge in [-0.3, -0.25) is 10.3 Å². The molecule has 2 aromatic carbocycles. The Hall–Kier alpha value is -3.03.